The van der Waals surface area contributed by atoms with Gasteiger partial charge in [0.05, 0.1) is 0 Å². The third-order valence-corrected chi connectivity index (χ3v) is 1.77. The van der Waals surface area contributed by atoms with Crippen molar-refractivity contribution in [1.29, 1.82) is 0 Å². The molecule has 1 aromatic heterocycles. The summed E-state index contributed by atoms with van der Waals surface area (Å²) in [7, 11) is 0. The van der Waals surface area contributed by atoms with Crippen LogP contribution in [0.5, 0.6) is 0 Å². The lowest BCUT2D eigenvalue weighted by atomic mass is 10.2. The fraction of sp³-hybridized carbons (Fsp3) is 0.222. The summed E-state index contributed by atoms with van der Waals surface area (Å²) in [6.07, 6.45) is 3.88. The van der Waals surface area contributed by atoms with Crippen molar-refractivity contribution in [2.75, 3.05) is 5.75 Å². The van der Waals surface area contributed by atoms with Crippen molar-refractivity contribution in [3.63, 3.8) is 0 Å². The molecule has 3 heteroatoms. The molecule has 2 nitrogen and oxygen atoms in total. The van der Waals surface area contributed by atoms with Crippen LogP contribution in [0.1, 0.15) is 11.3 Å². The van der Waals surface area contributed by atoms with E-state index in [0.717, 1.165) is 11.3 Å². The van der Waals surface area contributed by atoms with Gasteiger partial charge in [0, 0.05) is 17.5 Å². The molecule has 0 saturated heterocycles. The van der Waals surface area contributed by atoms with Gasteiger partial charge in [0.2, 0.25) is 5.56 Å². The standard InChI is InChI=1S/C9H11NOS/c1-7-8(3-2-6-12)4-5-9(11)10-7/h2-5,12H,6H2,1H3,(H,10,11). The molecule has 0 aromatic carbocycles. The molecule has 1 heterocycles. The second kappa shape index (κ2) is 4.16. The van der Waals surface area contributed by atoms with Gasteiger partial charge in [-0.1, -0.05) is 12.2 Å². The third-order valence-electron chi connectivity index (χ3n) is 1.56. The van der Waals surface area contributed by atoms with Crippen LogP contribution < -0.4 is 5.56 Å². The Morgan fingerprint density at radius 1 is 1.58 bits per heavy atom. The normalized spacial score (nSPS) is 10.8. The largest absolute Gasteiger partial charge is 0.326 e. The Bertz CT molecular complexity index is 341. The molecule has 1 aromatic rings. The predicted octanol–water partition coefficient (Wildman–Crippen LogP) is 1.63. The highest BCUT2D eigenvalue weighted by Crippen LogP contribution is 2.03. The molecule has 0 spiro atoms. The minimum absolute atomic E-state index is 0.0597. The van der Waals surface area contributed by atoms with E-state index in [1.807, 2.05) is 19.1 Å². The topological polar surface area (TPSA) is 32.9 Å². The Morgan fingerprint density at radius 3 is 2.92 bits per heavy atom. The highest BCUT2D eigenvalue weighted by molar-refractivity contribution is 7.80. The van der Waals surface area contributed by atoms with Crippen LogP contribution in [0.4, 0.5) is 0 Å². The monoisotopic (exact) mass is 181 g/mol. The SMILES string of the molecule is Cc1[nH]c(=O)ccc1C=CCS. The van der Waals surface area contributed by atoms with Crippen LogP contribution in [0.2, 0.25) is 0 Å². The molecule has 0 aliphatic carbocycles. The van der Waals surface area contributed by atoms with Crippen LogP contribution >= 0.6 is 12.6 Å². The Morgan fingerprint density at radius 2 is 2.33 bits per heavy atom. The van der Waals surface area contributed by atoms with E-state index < -0.39 is 0 Å². The number of hydrogen-bond acceptors (Lipinski definition) is 2. The smallest absolute Gasteiger partial charge is 0.248 e. The van der Waals surface area contributed by atoms with E-state index in [1.165, 1.54) is 6.07 Å². The fourth-order valence-electron chi connectivity index (χ4n) is 0.949. The molecule has 0 saturated carbocycles. The van der Waals surface area contributed by atoms with Crippen LogP contribution in [-0.2, 0) is 0 Å². The van der Waals surface area contributed by atoms with Crippen molar-refractivity contribution < 1.29 is 0 Å². The first kappa shape index (κ1) is 9.13. The average Bonchev–Trinajstić information content (AvgIpc) is 2.03. The van der Waals surface area contributed by atoms with E-state index in [9.17, 15) is 4.79 Å². The second-order valence-electron chi connectivity index (χ2n) is 2.49. The number of aromatic nitrogens is 1. The number of thiol groups is 1. The highest BCUT2D eigenvalue weighted by atomic mass is 32.1. The Balaban J connectivity index is 3.01. The number of aromatic amines is 1. The lowest BCUT2D eigenvalue weighted by Crippen LogP contribution is -2.05. The summed E-state index contributed by atoms with van der Waals surface area (Å²) in [5.41, 5.74) is 1.86. The van der Waals surface area contributed by atoms with Crippen molar-refractivity contribution in [3.05, 3.63) is 39.8 Å². The van der Waals surface area contributed by atoms with Gasteiger partial charge in [-0.2, -0.15) is 12.6 Å². The summed E-state index contributed by atoms with van der Waals surface area (Å²) in [5.74, 6) is 0.707. The highest BCUT2D eigenvalue weighted by Gasteiger charge is 1.92. The van der Waals surface area contributed by atoms with E-state index in [1.54, 1.807) is 6.07 Å². The minimum Gasteiger partial charge on any atom is -0.326 e. The van der Waals surface area contributed by atoms with Gasteiger partial charge >= 0.3 is 0 Å². The molecule has 0 fully saturated rings. The number of nitrogens with one attached hydrogen (secondary N) is 1. The number of rotatable bonds is 2. The maximum atomic E-state index is 10.8. The van der Waals surface area contributed by atoms with Crippen LogP contribution in [0, 0.1) is 6.92 Å². The van der Waals surface area contributed by atoms with E-state index in [4.69, 9.17) is 0 Å². The Kier molecular flexibility index (Phi) is 3.17. The van der Waals surface area contributed by atoms with Crippen molar-refractivity contribution in [1.82, 2.24) is 4.98 Å². The zero-order chi connectivity index (χ0) is 8.97. The molecule has 0 aliphatic rings. The van der Waals surface area contributed by atoms with Crippen LogP contribution in [-0.4, -0.2) is 10.7 Å². The number of hydrogen-bond donors (Lipinski definition) is 2. The maximum absolute atomic E-state index is 10.8. The summed E-state index contributed by atoms with van der Waals surface area (Å²) in [5, 5.41) is 0. The van der Waals surface area contributed by atoms with E-state index in [-0.39, 0.29) is 5.56 Å². The molecule has 0 unspecified atom stereocenters. The molecular weight excluding hydrogens is 170 g/mol. The summed E-state index contributed by atoms with van der Waals surface area (Å²) in [6, 6.07) is 3.32. The zero-order valence-electron chi connectivity index (χ0n) is 6.87. The first-order chi connectivity index (χ1) is 5.74. The molecule has 0 atom stereocenters. The lowest BCUT2D eigenvalue weighted by Gasteiger charge is -1.97. The minimum atomic E-state index is -0.0597. The van der Waals surface area contributed by atoms with Crippen molar-refractivity contribution >= 4 is 18.7 Å². The Hall–Kier alpha value is -0.960. The molecule has 0 aliphatic heterocycles. The van der Waals surface area contributed by atoms with Gasteiger partial charge in [-0.3, -0.25) is 4.79 Å². The van der Waals surface area contributed by atoms with Gasteiger partial charge in [0.1, 0.15) is 0 Å². The van der Waals surface area contributed by atoms with Crippen LogP contribution in [0.25, 0.3) is 6.08 Å². The van der Waals surface area contributed by atoms with Gasteiger partial charge in [-0.05, 0) is 18.6 Å². The van der Waals surface area contributed by atoms with E-state index in [2.05, 4.69) is 17.6 Å². The Labute approximate surface area is 76.7 Å². The first-order valence-corrected chi connectivity index (χ1v) is 4.34. The molecule has 64 valence electrons. The molecular formula is C9H11NOS. The fourth-order valence-corrected chi connectivity index (χ4v) is 1.05. The molecule has 0 amide bonds. The summed E-state index contributed by atoms with van der Waals surface area (Å²) in [6.45, 7) is 1.87. The van der Waals surface area contributed by atoms with E-state index in [0.29, 0.717) is 5.75 Å². The molecule has 1 N–H and O–H groups in total. The predicted molar refractivity (Wildman–Crippen MR) is 54.7 cm³/mol. The number of pyridine rings is 1. The van der Waals surface area contributed by atoms with Crippen LogP contribution in [0.3, 0.4) is 0 Å². The average molecular weight is 181 g/mol. The van der Waals surface area contributed by atoms with Gasteiger partial charge < -0.3 is 4.98 Å². The first-order valence-electron chi connectivity index (χ1n) is 3.71. The van der Waals surface area contributed by atoms with Crippen molar-refractivity contribution in [3.8, 4) is 0 Å². The molecule has 0 radical (unpaired) electrons. The summed E-state index contributed by atoms with van der Waals surface area (Å²) in [4.78, 5) is 13.5. The quantitative estimate of drug-likeness (QED) is 0.668. The number of H-pyrrole nitrogens is 1. The zero-order valence-corrected chi connectivity index (χ0v) is 7.77. The van der Waals surface area contributed by atoms with Gasteiger partial charge in [-0.25, -0.2) is 0 Å². The summed E-state index contributed by atoms with van der Waals surface area (Å²) < 4.78 is 0. The van der Waals surface area contributed by atoms with Gasteiger partial charge in [0.25, 0.3) is 0 Å². The number of aryl methyl sites for hydroxylation is 1. The van der Waals surface area contributed by atoms with E-state index >= 15 is 0 Å². The van der Waals surface area contributed by atoms with Crippen molar-refractivity contribution in [2.45, 2.75) is 6.92 Å². The second-order valence-corrected chi connectivity index (χ2v) is 2.85. The molecule has 1 rings (SSSR count). The molecule has 0 bridgehead atoms. The maximum Gasteiger partial charge on any atom is 0.248 e. The summed E-state index contributed by atoms with van der Waals surface area (Å²) >= 11 is 4.05. The third kappa shape index (κ3) is 2.27. The van der Waals surface area contributed by atoms with Crippen LogP contribution in [0.15, 0.2) is 23.0 Å². The molecule has 12 heavy (non-hydrogen) atoms. The van der Waals surface area contributed by atoms with Gasteiger partial charge in [0.15, 0.2) is 0 Å². The van der Waals surface area contributed by atoms with Gasteiger partial charge in [-0.15, -0.1) is 0 Å². The lowest BCUT2D eigenvalue weighted by molar-refractivity contribution is 1.13. The van der Waals surface area contributed by atoms with Crippen molar-refractivity contribution in [2.24, 2.45) is 0 Å².